The zero-order valence-corrected chi connectivity index (χ0v) is 11.7. The average molecular weight is 272 g/mol. The molecule has 20 heavy (non-hydrogen) atoms. The van der Waals surface area contributed by atoms with Crippen molar-refractivity contribution in [2.24, 2.45) is 0 Å². The summed E-state index contributed by atoms with van der Waals surface area (Å²) in [5.41, 5.74) is 1.93. The van der Waals surface area contributed by atoms with Gasteiger partial charge in [-0.1, -0.05) is 24.3 Å². The Morgan fingerprint density at radius 2 is 1.90 bits per heavy atom. The number of aromatic hydroxyl groups is 1. The van der Waals surface area contributed by atoms with Crippen molar-refractivity contribution < 1.29 is 9.84 Å². The summed E-state index contributed by atoms with van der Waals surface area (Å²) >= 11 is 0. The third-order valence-corrected chi connectivity index (χ3v) is 3.11. The van der Waals surface area contributed by atoms with Crippen molar-refractivity contribution in [1.29, 1.82) is 0 Å². The Morgan fingerprint density at radius 3 is 2.60 bits per heavy atom. The lowest BCUT2D eigenvalue weighted by atomic mass is 10.2. The van der Waals surface area contributed by atoms with Crippen molar-refractivity contribution in [3.63, 3.8) is 0 Å². The summed E-state index contributed by atoms with van der Waals surface area (Å²) in [6.45, 7) is 2.85. The molecule has 0 amide bonds. The molecule has 1 aromatic carbocycles. The van der Waals surface area contributed by atoms with Gasteiger partial charge in [0.05, 0.1) is 12.3 Å². The molecule has 0 unspecified atom stereocenters. The standard InChI is InChI=1S/C16H20N2O2/c1-20-11-10-18(13-15-7-4-5-9-17-15)12-14-6-2-3-8-16(14)19/h2-9,19H,10-13H2,1H3. The molecule has 0 radical (unpaired) electrons. The Bertz CT molecular complexity index is 517. The summed E-state index contributed by atoms with van der Waals surface area (Å²) in [6.07, 6.45) is 1.80. The van der Waals surface area contributed by atoms with Gasteiger partial charge in [-0.3, -0.25) is 9.88 Å². The van der Waals surface area contributed by atoms with Crippen LogP contribution in [0.15, 0.2) is 48.7 Å². The Balaban J connectivity index is 2.05. The third kappa shape index (κ3) is 4.33. The number of phenols is 1. The van der Waals surface area contributed by atoms with Crippen molar-refractivity contribution in [3.05, 3.63) is 59.9 Å². The molecule has 2 rings (SSSR count). The molecule has 0 bridgehead atoms. The van der Waals surface area contributed by atoms with Crippen LogP contribution in [-0.2, 0) is 17.8 Å². The van der Waals surface area contributed by atoms with Gasteiger partial charge in [0.1, 0.15) is 5.75 Å². The number of nitrogens with zero attached hydrogens (tertiary/aromatic N) is 2. The highest BCUT2D eigenvalue weighted by atomic mass is 16.5. The molecule has 0 saturated heterocycles. The lowest BCUT2D eigenvalue weighted by Gasteiger charge is -2.22. The first-order valence-electron chi connectivity index (χ1n) is 6.67. The molecule has 0 fully saturated rings. The van der Waals surface area contributed by atoms with Crippen LogP contribution in [0, 0.1) is 0 Å². The van der Waals surface area contributed by atoms with Crippen molar-refractivity contribution in [2.75, 3.05) is 20.3 Å². The molecule has 0 aliphatic carbocycles. The van der Waals surface area contributed by atoms with Crippen molar-refractivity contribution in [1.82, 2.24) is 9.88 Å². The van der Waals surface area contributed by atoms with Crippen LogP contribution in [0.2, 0.25) is 0 Å². The summed E-state index contributed by atoms with van der Waals surface area (Å²) in [4.78, 5) is 6.55. The maximum Gasteiger partial charge on any atom is 0.120 e. The van der Waals surface area contributed by atoms with E-state index >= 15 is 0 Å². The first-order chi connectivity index (χ1) is 9.79. The topological polar surface area (TPSA) is 45.6 Å². The van der Waals surface area contributed by atoms with E-state index in [2.05, 4.69) is 9.88 Å². The van der Waals surface area contributed by atoms with Gasteiger partial charge >= 0.3 is 0 Å². The smallest absolute Gasteiger partial charge is 0.120 e. The quantitative estimate of drug-likeness (QED) is 0.841. The normalized spacial score (nSPS) is 10.9. The van der Waals surface area contributed by atoms with Gasteiger partial charge in [0, 0.05) is 38.5 Å². The van der Waals surface area contributed by atoms with Crippen molar-refractivity contribution in [2.45, 2.75) is 13.1 Å². The minimum absolute atomic E-state index is 0.330. The van der Waals surface area contributed by atoms with E-state index in [1.54, 1.807) is 19.4 Å². The molecule has 0 atom stereocenters. The van der Waals surface area contributed by atoms with E-state index in [4.69, 9.17) is 4.74 Å². The summed E-state index contributed by atoms with van der Waals surface area (Å²) in [5, 5.41) is 9.88. The summed E-state index contributed by atoms with van der Waals surface area (Å²) < 4.78 is 5.15. The van der Waals surface area contributed by atoms with E-state index in [9.17, 15) is 5.11 Å². The second-order valence-electron chi connectivity index (χ2n) is 4.65. The van der Waals surface area contributed by atoms with Crippen molar-refractivity contribution in [3.8, 4) is 5.75 Å². The summed E-state index contributed by atoms with van der Waals surface area (Å²) in [6, 6.07) is 13.3. The maximum absolute atomic E-state index is 9.88. The van der Waals surface area contributed by atoms with Crippen LogP contribution >= 0.6 is 0 Å². The minimum Gasteiger partial charge on any atom is -0.508 e. The van der Waals surface area contributed by atoms with E-state index in [0.29, 0.717) is 18.9 Å². The van der Waals surface area contributed by atoms with Gasteiger partial charge in [0.2, 0.25) is 0 Å². The van der Waals surface area contributed by atoms with Gasteiger partial charge in [-0.2, -0.15) is 0 Å². The largest absolute Gasteiger partial charge is 0.508 e. The van der Waals surface area contributed by atoms with Gasteiger partial charge in [0.25, 0.3) is 0 Å². The molecule has 1 heterocycles. The fourth-order valence-electron chi connectivity index (χ4n) is 2.04. The number of pyridine rings is 1. The maximum atomic E-state index is 9.88. The number of benzene rings is 1. The zero-order valence-electron chi connectivity index (χ0n) is 11.7. The van der Waals surface area contributed by atoms with Crippen LogP contribution < -0.4 is 0 Å². The predicted octanol–water partition coefficient (Wildman–Crippen LogP) is 2.44. The van der Waals surface area contributed by atoms with Crippen LogP contribution in [0.1, 0.15) is 11.3 Å². The number of phenolic OH excluding ortho intramolecular Hbond substituents is 1. The second-order valence-corrected chi connectivity index (χ2v) is 4.65. The number of hydrogen-bond acceptors (Lipinski definition) is 4. The van der Waals surface area contributed by atoms with E-state index < -0.39 is 0 Å². The zero-order chi connectivity index (χ0) is 14.2. The van der Waals surface area contributed by atoms with Gasteiger partial charge in [0.15, 0.2) is 0 Å². The molecule has 1 aromatic heterocycles. The monoisotopic (exact) mass is 272 g/mol. The molecule has 4 nitrogen and oxygen atoms in total. The van der Waals surface area contributed by atoms with Crippen LogP contribution in [0.5, 0.6) is 5.75 Å². The van der Waals surface area contributed by atoms with Gasteiger partial charge < -0.3 is 9.84 Å². The highest BCUT2D eigenvalue weighted by Gasteiger charge is 2.10. The molecule has 0 aliphatic rings. The lowest BCUT2D eigenvalue weighted by molar-refractivity contribution is 0.138. The lowest BCUT2D eigenvalue weighted by Crippen LogP contribution is -2.27. The number of hydrogen-bond donors (Lipinski definition) is 1. The SMILES string of the molecule is COCCN(Cc1ccccn1)Cc1ccccc1O. The Kier molecular flexibility index (Phi) is 5.53. The first-order valence-corrected chi connectivity index (χ1v) is 6.67. The fourth-order valence-corrected chi connectivity index (χ4v) is 2.04. The van der Waals surface area contributed by atoms with Crippen LogP contribution in [-0.4, -0.2) is 35.3 Å². The van der Waals surface area contributed by atoms with Crippen LogP contribution in [0.4, 0.5) is 0 Å². The molecule has 106 valence electrons. The molecule has 0 spiro atoms. The highest BCUT2D eigenvalue weighted by molar-refractivity contribution is 5.31. The molecule has 2 aromatic rings. The van der Waals surface area contributed by atoms with Gasteiger partial charge in [-0.05, 0) is 18.2 Å². The molecule has 1 N–H and O–H groups in total. The number of para-hydroxylation sites is 1. The van der Waals surface area contributed by atoms with E-state index in [1.807, 2.05) is 36.4 Å². The summed E-state index contributed by atoms with van der Waals surface area (Å²) in [7, 11) is 1.69. The van der Waals surface area contributed by atoms with Crippen LogP contribution in [0.25, 0.3) is 0 Å². The molecular formula is C16H20N2O2. The van der Waals surface area contributed by atoms with E-state index in [1.165, 1.54) is 0 Å². The van der Waals surface area contributed by atoms with Crippen LogP contribution in [0.3, 0.4) is 0 Å². The fraction of sp³-hybridized carbons (Fsp3) is 0.312. The Labute approximate surface area is 119 Å². The van der Waals surface area contributed by atoms with Gasteiger partial charge in [-0.15, -0.1) is 0 Å². The molecule has 4 heteroatoms. The Hall–Kier alpha value is -1.91. The average Bonchev–Trinajstić information content (AvgIpc) is 2.48. The predicted molar refractivity (Wildman–Crippen MR) is 78.3 cm³/mol. The molecular weight excluding hydrogens is 252 g/mol. The number of methoxy groups -OCH3 is 1. The number of rotatable bonds is 7. The van der Waals surface area contributed by atoms with Gasteiger partial charge in [-0.25, -0.2) is 0 Å². The number of aromatic nitrogens is 1. The first kappa shape index (κ1) is 14.5. The molecule has 0 saturated carbocycles. The highest BCUT2D eigenvalue weighted by Crippen LogP contribution is 2.18. The number of ether oxygens (including phenoxy) is 1. The van der Waals surface area contributed by atoms with E-state index in [-0.39, 0.29) is 0 Å². The molecule has 0 aliphatic heterocycles. The minimum atomic E-state index is 0.330. The summed E-state index contributed by atoms with van der Waals surface area (Å²) in [5.74, 6) is 0.330. The third-order valence-electron chi connectivity index (χ3n) is 3.11. The second kappa shape index (κ2) is 7.62. The van der Waals surface area contributed by atoms with E-state index in [0.717, 1.165) is 24.3 Å². The Morgan fingerprint density at radius 1 is 1.10 bits per heavy atom. The van der Waals surface area contributed by atoms with Crippen molar-refractivity contribution >= 4 is 0 Å².